The molecule has 0 spiro atoms. The molecule has 0 N–H and O–H groups in total. The SMILES string of the molecule is Cc1c[c-]c2c(ccn3cnnc23)c1.Cc1c[c-]c2c(ccn3ncnc23)c1.Cc1cn2ncnc2c2[c-]cccc12.[C-]#[N+]c1cc[c-]c2c1ccn1cnnc21.[C-]#[N+]c1cc[c-]c2c1ccn1ncnc21.[Ir].[Pt].[Pt].[Pt].[Pt].[Pt].[c-]1ccc(-c2ccccc2)c2ccn3ncnc3c12. The van der Waals surface area contributed by atoms with Crippen LogP contribution in [0, 0.1) is 70.3 Å². The fourth-order valence-electron chi connectivity index (χ4n) is 10.7. The Morgan fingerprint density at radius 2 is 0.814 bits per heavy atom. The summed E-state index contributed by atoms with van der Waals surface area (Å²) < 4.78 is 10.7. The van der Waals surface area contributed by atoms with E-state index < -0.39 is 0 Å². The van der Waals surface area contributed by atoms with Crippen LogP contribution in [0.3, 0.4) is 0 Å². The van der Waals surface area contributed by atoms with Crippen molar-refractivity contribution in [1.29, 1.82) is 0 Å². The molecule has 19 aromatic rings. The molecule has 0 aliphatic heterocycles. The Hall–Kier alpha value is -9.11. The van der Waals surface area contributed by atoms with Gasteiger partial charge in [0.1, 0.15) is 49.3 Å². The van der Waals surface area contributed by atoms with E-state index >= 15 is 0 Å². The average molecular weight is 2340 g/mol. The van der Waals surface area contributed by atoms with Crippen LogP contribution >= 0.6 is 0 Å². The summed E-state index contributed by atoms with van der Waals surface area (Å²) in [4.78, 5) is 23.8. The number of nitrogens with zero attached hydrogens (tertiary/aromatic N) is 20. The molecular formula is C71H44IrN20Pt5-6. The van der Waals surface area contributed by atoms with Crippen LogP contribution in [0.2, 0.25) is 0 Å². The van der Waals surface area contributed by atoms with E-state index in [-0.39, 0.29) is 125 Å². The number of aryl methyl sites for hydroxylation is 3. The molecule has 0 fully saturated rings. The maximum absolute atomic E-state index is 7.07. The fourth-order valence-corrected chi connectivity index (χ4v) is 10.7. The molecule has 0 bridgehead atoms. The molecule has 1 radical (unpaired) electrons. The zero-order chi connectivity index (χ0) is 61.8. The van der Waals surface area contributed by atoms with E-state index in [0.717, 1.165) is 93.1 Å². The van der Waals surface area contributed by atoms with Crippen molar-refractivity contribution >= 4 is 110 Å². The predicted molar refractivity (Wildman–Crippen MR) is 348 cm³/mol. The second-order valence-corrected chi connectivity index (χ2v) is 20.7. The Bertz CT molecular complexity index is 5760. The number of pyridine rings is 6. The van der Waals surface area contributed by atoms with Crippen LogP contribution in [-0.2, 0) is 125 Å². The monoisotopic (exact) mass is 2340 g/mol. The molecule has 20 nitrogen and oxygen atoms in total. The molecule has 0 saturated heterocycles. The Morgan fingerprint density at radius 1 is 0.392 bits per heavy atom. The largest absolute Gasteiger partial charge is 0.330 e. The van der Waals surface area contributed by atoms with E-state index in [1.54, 1.807) is 80.2 Å². The first-order valence-corrected chi connectivity index (χ1v) is 28.3. The molecule has 12 heterocycles. The van der Waals surface area contributed by atoms with Crippen molar-refractivity contribution in [3.05, 3.63) is 291 Å². The Morgan fingerprint density at radius 3 is 1.38 bits per heavy atom. The minimum absolute atomic E-state index is 0. The minimum atomic E-state index is 0. The van der Waals surface area contributed by atoms with Crippen LogP contribution in [0.5, 0.6) is 0 Å². The number of rotatable bonds is 1. The van der Waals surface area contributed by atoms with Gasteiger partial charge in [-0.1, -0.05) is 123 Å². The van der Waals surface area contributed by atoms with Gasteiger partial charge in [-0.15, -0.1) is 151 Å². The molecule has 0 aliphatic carbocycles. The fraction of sp³-hybridized carbons (Fsp3) is 0.0423. The van der Waals surface area contributed by atoms with Gasteiger partial charge in [-0.25, -0.2) is 0 Å². The molecule has 0 aliphatic rings. The average Bonchev–Trinajstić information content (AvgIpc) is 1.78. The standard InChI is InChI=1S/C16H10N3.2C11H5N4.3C11H8N3.Ir.5Pt/c1-2-5-12(6-3-1)13-7-4-8-15-14(13)9-10-19-16(15)17-11-18-19;1-12-10-4-2-3-9-8(10)5-6-15-7-13-14-11(9)15;1-12-10-4-2-3-9-8(10)5-6-15-11(9)13-7-14-15;1-8-2-3-10-9(6-8)4-5-14-7-12-13-11(10)14;1-8-2-3-10-9(6-8)4-5-14-11(10)12-7-13-14;1-8-6-14-11(12-7-13-14)10-5-3-2-4-9(8)10;;;;;;/h1-7,9-11H;2*2,4-7H;2*2,4-7H,1H3;2-4,6-7H,1H3;;;;;;/q6*-1;;;;;;. The maximum Gasteiger partial charge on any atom is 0.127 e. The van der Waals surface area contributed by atoms with Gasteiger partial charge in [0.2, 0.25) is 0 Å². The van der Waals surface area contributed by atoms with Crippen molar-refractivity contribution in [1.82, 2.24) is 87.6 Å². The van der Waals surface area contributed by atoms with E-state index in [4.69, 9.17) is 13.1 Å². The van der Waals surface area contributed by atoms with Crippen LogP contribution in [0.15, 0.2) is 215 Å². The smallest absolute Gasteiger partial charge is 0.127 e. The Kier molecular flexibility index (Phi) is 25.2. The van der Waals surface area contributed by atoms with Crippen LogP contribution in [-0.4, -0.2) is 87.6 Å². The molecule has 0 atom stereocenters. The van der Waals surface area contributed by atoms with Crippen molar-refractivity contribution < 1.29 is 125 Å². The molecule has 0 saturated carbocycles. The molecule has 26 heteroatoms. The van der Waals surface area contributed by atoms with Gasteiger partial charge < -0.3 is 8.80 Å². The van der Waals surface area contributed by atoms with E-state index in [1.165, 1.54) is 39.5 Å². The molecule has 7 aromatic carbocycles. The minimum Gasteiger partial charge on any atom is -0.330 e. The first-order chi connectivity index (χ1) is 44.8. The third-order valence-corrected chi connectivity index (χ3v) is 15.0. The topological polar surface area (TPSA) is 190 Å². The first kappa shape index (κ1) is 73.7. The van der Waals surface area contributed by atoms with Gasteiger partial charge in [0.15, 0.2) is 0 Å². The molecule has 0 amide bonds. The molecular weight excluding hydrogens is 2300 g/mol. The van der Waals surface area contributed by atoms with E-state index in [1.807, 2.05) is 107 Å². The van der Waals surface area contributed by atoms with E-state index in [2.05, 4.69) is 176 Å². The molecule has 12 aromatic heterocycles. The second kappa shape index (κ2) is 33.2. The third kappa shape index (κ3) is 15.2. The van der Waals surface area contributed by atoms with Gasteiger partial charge >= 0.3 is 0 Å². The number of hydrogen-bond acceptors (Lipinski definition) is 12. The van der Waals surface area contributed by atoms with Gasteiger partial charge in [0.05, 0.1) is 47.0 Å². The third-order valence-electron chi connectivity index (χ3n) is 15.0. The second-order valence-electron chi connectivity index (χ2n) is 20.7. The van der Waals surface area contributed by atoms with Crippen molar-refractivity contribution in [3.63, 3.8) is 0 Å². The van der Waals surface area contributed by atoms with E-state index in [9.17, 15) is 0 Å². The van der Waals surface area contributed by atoms with Gasteiger partial charge in [-0.3, -0.25) is 47.7 Å². The van der Waals surface area contributed by atoms with E-state index in [0.29, 0.717) is 11.4 Å². The molecule has 0 unspecified atom stereocenters. The maximum atomic E-state index is 7.07. The summed E-state index contributed by atoms with van der Waals surface area (Å²) in [6, 6.07) is 64.5. The van der Waals surface area contributed by atoms with Gasteiger partial charge in [0, 0.05) is 150 Å². The summed E-state index contributed by atoms with van der Waals surface area (Å²) >= 11 is 0. The zero-order valence-corrected chi connectivity index (χ0v) is 64.3. The zero-order valence-electron chi connectivity index (χ0n) is 50.6. The van der Waals surface area contributed by atoms with Crippen molar-refractivity contribution in [2.75, 3.05) is 0 Å². The summed E-state index contributed by atoms with van der Waals surface area (Å²) in [6.07, 6.45) is 21.0. The summed E-state index contributed by atoms with van der Waals surface area (Å²) in [6.45, 7) is 20.3. The summed E-state index contributed by atoms with van der Waals surface area (Å²) in [5.74, 6) is 0. The number of benzene rings is 7. The van der Waals surface area contributed by atoms with Crippen LogP contribution in [0.25, 0.3) is 119 Å². The Balaban J connectivity index is 0.000000147. The molecule has 97 heavy (non-hydrogen) atoms. The quantitative estimate of drug-likeness (QED) is 0.142. The Labute approximate surface area is 638 Å². The van der Waals surface area contributed by atoms with Crippen molar-refractivity contribution in [3.8, 4) is 11.1 Å². The van der Waals surface area contributed by atoms with Crippen LogP contribution in [0.1, 0.15) is 16.7 Å². The first-order valence-electron chi connectivity index (χ1n) is 28.3. The van der Waals surface area contributed by atoms with Crippen LogP contribution in [0.4, 0.5) is 11.4 Å². The van der Waals surface area contributed by atoms with Crippen LogP contribution < -0.4 is 0 Å². The van der Waals surface area contributed by atoms with Gasteiger partial charge in [-0.05, 0) is 24.9 Å². The summed E-state index contributed by atoms with van der Waals surface area (Å²) in [5, 5.41) is 44.3. The summed E-state index contributed by atoms with van der Waals surface area (Å²) in [5.41, 5.74) is 12.1. The molecule has 19 rings (SSSR count). The van der Waals surface area contributed by atoms with Gasteiger partial charge in [-0.2, -0.15) is 42.7 Å². The summed E-state index contributed by atoms with van der Waals surface area (Å²) in [7, 11) is 0. The number of fused-ring (bicyclic) bond motifs is 18. The van der Waals surface area contributed by atoms with Crippen molar-refractivity contribution in [2.24, 2.45) is 0 Å². The predicted octanol–water partition coefficient (Wildman–Crippen LogP) is 13.8. The van der Waals surface area contributed by atoms with Crippen molar-refractivity contribution in [2.45, 2.75) is 20.8 Å². The molecule has 493 valence electrons. The van der Waals surface area contributed by atoms with Gasteiger partial charge in [0.25, 0.3) is 0 Å². The normalized spacial score (nSPS) is 10.3. The number of hydrogen-bond donors (Lipinski definition) is 0. The number of aromatic nitrogens is 18.